The molecule has 0 saturated heterocycles. The molecule has 1 N–H and O–H groups in total. The smallest absolute Gasteiger partial charge is 0.327 e. The summed E-state index contributed by atoms with van der Waals surface area (Å²) in [6.45, 7) is 3.53. The molecule has 0 aromatic carbocycles. The van der Waals surface area contributed by atoms with Gasteiger partial charge in [0.1, 0.15) is 0 Å². The number of methoxy groups -OCH3 is 1. The largest absolute Gasteiger partial charge is 0.469 e. The van der Waals surface area contributed by atoms with Gasteiger partial charge in [-0.05, 0) is 5.92 Å². The van der Waals surface area contributed by atoms with Crippen LogP contribution < -0.4 is 0 Å². The summed E-state index contributed by atoms with van der Waals surface area (Å²) < 4.78 is 39.5. The fourth-order valence-electron chi connectivity index (χ4n) is 0.887. The molecule has 1 unspecified atom stereocenters. The van der Waals surface area contributed by atoms with Crippen LogP contribution in [0.5, 0.6) is 0 Å². The van der Waals surface area contributed by atoms with Crippen LogP contribution in [0.1, 0.15) is 20.3 Å². The first-order valence-corrected chi connectivity index (χ1v) is 6.38. The van der Waals surface area contributed by atoms with E-state index >= 15 is 0 Å². The number of hydrogen-bond donors (Lipinski definition) is 1. The van der Waals surface area contributed by atoms with Crippen LogP contribution in [-0.2, 0) is 29.2 Å². The lowest BCUT2D eigenvalue weighted by Crippen LogP contribution is -2.34. The second-order valence-electron chi connectivity index (χ2n) is 3.81. The molecule has 0 fully saturated rings. The average Bonchev–Trinajstić information content (AvgIpc) is 2.20. The molecule has 0 aliphatic rings. The molecule has 0 heterocycles. The topological polar surface area (TPSA) is 107 Å². The van der Waals surface area contributed by atoms with Gasteiger partial charge in [-0.2, -0.15) is 8.42 Å². The van der Waals surface area contributed by atoms with E-state index in [1.54, 1.807) is 13.8 Å². The second-order valence-corrected chi connectivity index (χ2v) is 5.41. The Labute approximate surface area is 99.8 Å². The molecule has 0 rings (SSSR count). The Hall–Kier alpha value is -1.15. The monoisotopic (exact) mass is 268 g/mol. The fourth-order valence-corrected chi connectivity index (χ4v) is 1.54. The van der Waals surface area contributed by atoms with Crippen molar-refractivity contribution in [3.8, 4) is 0 Å². The van der Waals surface area contributed by atoms with E-state index in [9.17, 15) is 18.0 Å². The Bertz CT molecular complexity index is 371. The van der Waals surface area contributed by atoms with Crippen LogP contribution in [0.4, 0.5) is 0 Å². The van der Waals surface area contributed by atoms with E-state index in [1.165, 1.54) is 0 Å². The molecule has 0 aliphatic carbocycles. The van der Waals surface area contributed by atoms with Gasteiger partial charge in [0.15, 0.2) is 5.25 Å². The third-order valence-corrected chi connectivity index (χ3v) is 2.84. The minimum Gasteiger partial charge on any atom is -0.469 e. The van der Waals surface area contributed by atoms with Gasteiger partial charge < -0.3 is 9.47 Å². The van der Waals surface area contributed by atoms with Gasteiger partial charge in [0.25, 0.3) is 10.1 Å². The van der Waals surface area contributed by atoms with Crippen LogP contribution in [0.2, 0.25) is 0 Å². The number of ether oxygens (including phenoxy) is 2. The zero-order chi connectivity index (χ0) is 13.6. The second kappa shape index (κ2) is 6.55. The van der Waals surface area contributed by atoms with Crippen LogP contribution in [0.25, 0.3) is 0 Å². The molecule has 0 saturated carbocycles. The summed E-state index contributed by atoms with van der Waals surface area (Å²) in [5.74, 6) is -2.07. The molecule has 0 radical (unpaired) electrons. The molecule has 0 amide bonds. The van der Waals surface area contributed by atoms with E-state index in [0.29, 0.717) is 0 Å². The third-order valence-electron chi connectivity index (χ3n) is 1.76. The van der Waals surface area contributed by atoms with Crippen LogP contribution in [0, 0.1) is 5.92 Å². The van der Waals surface area contributed by atoms with Crippen molar-refractivity contribution in [2.24, 2.45) is 5.92 Å². The zero-order valence-corrected chi connectivity index (χ0v) is 10.7. The number of hydrogen-bond acceptors (Lipinski definition) is 6. The summed E-state index contributed by atoms with van der Waals surface area (Å²) in [6.07, 6.45) is -0.772. The van der Waals surface area contributed by atoms with Gasteiger partial charge in [-0.25, -0.2) is 0 Å². The molecule has 0 spiro atoms. The summed E-state index contributed by atoms with van der Waals surface area (Å²) in [6, 6.07) is 0. The summed E-state index contributed by atoms with van der Waals surface area (Å²) in [4.78, 5) is 22.3. The van der Waals surface area contributed by atoms with E-state index in [0.717, 1.165) is 7.11 Å². The van der Waals surface area contributed by atoms with Crippen LogP contribution >= 0.6 is 0 Å². The minimum atomic E-state index is -4.69. The predicted molar refractivity (Wildman–Crippen MR) is 57.8 cm³/mol. The molecule has 100 valence electrons. The molecule has 0 aromatic heterocycles. The Morgan fingerprint density at radius 2 is 1.82 bits per heavy atom. The molecular weight excluding hydrogens is 252 g/mol. The lowest BCUT2D eigenvalue weighted by molar-refractivity contribution is -0.149. The van der Waals surface area contributed by atoms with Gasteiger partial charge in [-0.3, -0.25) is 14.1 Å². The number of carbonyl (C=O) groups excluding carboxylic acids is 2. The normalized spacial score (nSPS) is 13.2. The van der Waals surface area contributed by atoms with Crippen molar-refractivity contribution >= 4 is 22.1 Å². The zero-order valence-electron chi connectivity index (χ0n) is 9.87. The lowest BCUT2D eigenvalue weighted by Gasteiger charge is -2.13. The van der Waals surface area contributed by atoms with Crippen LogP contribution in [0.15, 0.2) is 0 Å². The summed E-state index contributed by atoms with van der Waals surface area (Å²) in [5, 5.41) is -1.94. The minimum absolute atomic E-state index is 0.00598. The summed E-state index contributed by atoms with van der Waals surface area (Å²) >= 11 is 0. The SMILES string of the molecule is COC(=O)CC(C(=O)OCC(C)C)S(=O)(=O)O. The van der Waals surface area contributed by atoms with E-state index < -0.39 is 33.7 Å². The molecule has 0 aliphatic heterocycles. The maximum atomic E-state index is 11.4. The van der Waals surface area contributed by atoms with Gasteiger partial charge in [-0.15, -0.1) is 0 Å². The molecule has 1 atom stereocenters. The van der Waals surface area contributed by atoms with Crippen molar-refractivity contribution in [2.75, 3.05) is 13.7 Å². The summed E-state index contributed by atoms with van der Waals surface area (Å²) in [7, 11) is -3.65. The molecule has 0 aromatic rings. The third kappa shape index (κ3) is 6.22. The van der Waals surface area contributed by atoms with E-state index in [1.807, 2.05) is 0 Å². The Morgan fingerprint density at radius 3 is 2.18 bits per heavy atom. The number of rotatable bonds is 6. The Morgan fingerprint density at radius 1 is 1.29 bits per heavy atom. The molecule has 7 nitrogen and oxygen atoms in total. The lowest BCUT2D eigenvalue weighted by atomic mass is 10.2. The molecule has 17 heavy (non-hydrogen) atoms. The van der Waals surface area contributed by atoms with Gasteiger partial charge in [0.05, 0.1) is 20.1 Å². The van der Waals surface area contributed by atoms with Gasteiger partial charge in [0, 0.05) is 0 Å². The van der Waals surface area contributed by atoms with E-state index in [2.05, 4.69) is 9.47 Å². The maximum Gasteiger partial charge on any atom is 0.327 e. The highest BCUT2D eigenvalue weighted by Crippen LogP contribution is 2.09. The first-order valence-electron chi connectivity index (χ1n) is 4.88. The predicted octanol–water partition coefficient (Wildman–Crippen LogP) is 0.00510. The fraction of sp³-hybridized carbons (Fsp3) is 0.778. The average molecular weight is 268 g/mol. The van der Waals surface area contributed by atoms with Gasteiger partial charge in [0.2, 0.25) is 0 Å². The quantitative estimate of drug-likeness (QED) is 0.534. The van der Waals surface area contributed by atoms with Crippen molar-refractivity contribution in [1.29, 1.82) is 0 Å². The maximum absolute atomic E-state index is 11.4. The number of carbonyl (C=O) groups is 2. The Balaban J connectivity index is 4.70. The highest BCUT2D eigenvalue weighted by Gasteiger charge is 2.35. The summed E-state index contributed by atoms with van der Waals surface area (Å²) in [5.41, 5.74) is 0. The Kier molecular flexibility index (Phi) is 6.11. The first-order chi connectivity index (χ1) is 7.68. The first kappa shape index (κ1) is 15.9. The van der Waals surface area contributed by atoms with Crippen LogP contribution in [-0.4, -0.2) is 43.9 Å². The van der Waals surface area contributed by atoms with Crippen molar-refractivity contribution in [3.05, 3.63) is 0 Å². The number of esters is 2. The van der Waals surface area contributed by atoms with Crippen molar-refractivity contribution in [1.82, 2.24) is 0 Å². The van der Waals surface area contributed by atoms with Crippen molar-refractivity contribution in [2.45, 2.75) is 25.5 Å². The van der Waals surface area contributed by atoms with E-state index in [-0.39, 0.29) is 12.5 Å². The molecular formula is C9H16O7S. The highest BCUT2D eigenvalue weighted by atomic mass is 32.2. The van der Waals surface area contributed by atoms with Gasteiger partial charge >= 0.3 is 11.9 Å². The van der Waals surface area contributed by atoms with Crippen LogP contribution in [0.3, 0.4) is 0 Å². The van der Waals surface area contributed by atoms with E-state index in [4.69, 9.17) is 4.55 Å². The van der Waals surface area contributed by atoms with Crippen molar-refractivity contribution < 1.29 is 32.0 Å². The van der Waals surface area contributed by atoms with Gasteiger partial charge in [-0.1, -0.05) is 13.8 Å². The van der Waals surface area contributed by atoms with Crippen molar-refractivity contribution in [3.63, 3.8) is 0 Å². The molecule has 8 heteroatoms. The molecule has 0 bridgehead atoms. The highest BCUT2D eigenvalue weighted by molar-refractivity contribution is 7.87. The standard InChI is InChI=1S/C9H16O7S/c1-6(2)5-16-9(11)7(17(12,13)14)4-8(10)15-3/h6-7H,4-5H2,1-3H3,(H,12,13,14).